The summed E-state index contributed by atoms with van der Waals surface area (Å²) in [5.74, 6) is 0.381. The van der Waals surface area contributed by atoms with Crippen molar-refractivity contribution in [2.75, 3.05) is 14.1 Å². The lowest BCUT2D eigenvalue weighted by Crippen LogP contribution is -2.42. The highest BCUT2D eigenvalue weighted by atomic mass is 15.1. The number of allylic oxidation sites excluding steroid dienone is 1. The highest BCUT2D eigenvalue weighted by molar-refractivity contribution is 5.83. The van der Waals surface area contributed by atoms with Gasteiger partial charge in [0, 0.05) is 12.1 Å². The molecule has 4 rings (SSSR count). The highest BCUT2D eigenvalue weighted by Crippen LogP contribution is 2.35. The molecule has 3 aromatic rings. The Bertz CT molecular complexity index is 956. The lowest BCUT2D eigenvalue weighted by atomic mass is 9.80. The minimum absolute atomic E-state index is 0.200. The van der Waals surface area contributed by atoms with Crippen molar-refractivity contribution in [1.82, 2.24) is 4.90 Å². The van der Waals surface area contributed by atoms with Gasteiger partial charge in [0.1, 0.15) is 0 Å². The molecule has 1 unspecified atom stereocenters. The van der Waals surface area contributed by atoms with Gasteiger partial charge in [0.2, 0.25) is 0 Å². The van der Waals surface area contributed by atoms with Crippen LogP contribution in [-0.4, -0.2) is 37.3 Å². The molecule has 0 amide bonds. The zero-order valence-corrected chi connectivity index (χ0v) is 16.0. The van der Waals surface area contributed by atoms with Crippen LogP contribution in [0, 0.1) is 0 Å². The molecule has 0 fully saturated rings. The molecule has 1 aliphatic rings. The van der Waals surface area contributed by atoms with Crippen LogP contribution in [0.5, 0.6) is 0 Å². The second-order valence-corrected chi connectivity index (χ2v) is 7.51. The third-order valence-electron chi connectivity index (χ3n) is 5.48. The predicted molar refractivity (Wildman–Crippen MR) is 116 cm³/mol. The number of likely N-dealkylation sites (N-methyl/N-ethyl adjacent to an activating group) is 1. The number of hydrogen-bond acceptors (Lipinski definition) is 2. The Balaban J connectivity index is 1.71. The molecule has 2 nitrogen and oxygen atoms in total. The summed E-state index contributed by atoms with van der Waals surface area (Å²) in [5.41, 5.74) is 2.53. The Kier molecular flexibility index (Phi) is 5.17. The van der Waals surface area contributed by atoms with Crippen molar-refractivity contribution in [3.05, 3.63) is 96.1 Å². The SMILES string of the molecule is CN(C)[C@H]1C=CC[C@@H](c2ccc3ccccc3c2)C1N=Cc1ccccc1. The van der Waals surface area contributed by atoms with E-state index in [4.69, 9.17) is 4.99 Å². The van der Waals surface area contributed by atoms with E-state index in [-0.39, 0.29) is 6.04 Å². The zero-order chi connectivity index (χ0) is 18.6. The van der Waals surface area contributed by atoms with Crippen molar-refractivity contribution >= 4 is 17.0 Å². The number of aliphatic imine (C=N–C) groups is 1. The third-order valence-corrected chi connectivity index (χ3v) is 5.48. The number of nitrogens with zero attached hydrogens (tertiary/aromatic N) is 2. The molecule has 0 aromatic heterocycles. The first-order valence-corrected chi connectivity index (χ1v) is 9.62. The van der Waals surface area contributed by atoms with E-state index in [0.717, 1.165) is 12.0 Å². The van der Waals surface area contributed by atoms with Crippen molar-refractivity contribution in [2.45, 2.75) is 24.4 Å². The standard InChI is InChI=1S/C25H26N2/c1-27(2)24-14-8-13-23(25(24)26-18-19-9-4-3-5-10-19)22-16-15-20-11-6-7-12-21(20)17-22/h3-12,14-18,23-25H,13H2,1-2H3/t23-,24-,25?/m0/s1. The Morgan fingerprint density at radius 1 is 0.889 bits per heavy atom. The van der Waals surface area contributed by atoms with Gasteiger partial charge in [-0.25, -0.2) is 0 Å². The second kappa shape index (κ2) is 7.89. The molecule has 3 aromatic carbocycles. The van der Waals surface area contributed by atoms with Crippen LogP contribution in [0.1, 0.15) is 23.5 Å². The molecule has 2 heteroatoms. The van der Waals surface area contributed by atoms with E-state index >= 15 is 0 Å². The van der Waals surface area contributed by atoms with Crippen molar-refractivity contribution in [3.8, 4) is 0 Å². The van der Waals surface area contributed by atoms with E-state index in [0.29, 0.717) is 12.0 Å². The molecule has 0 spiro atoms. The van der Waals surface area contributed by atoms with Gasteiger partial charge in [-0.2, -0.15) is 0 Å². The molecule has 0 saturated carbocycles. The van der Waals surface area contributed by atoms with Crippen LogP contribution < -0.4 is 0 Å². The minimum atomic E-state index is 0.200. The maximum Gasteiger partial charge on any atom is 0.0761 e. The lowest BCUT2D eigenvalue weighted by Gasteiger charge is -2.36. The molecule has 0 heterocycles. The fourth-order valence-corrected chi connectivity index (χ4v) is 4.01. The molecule has 1 aliphatic carbocycles. The Hall–Kier alpha value is -2.71. The van der Waals surface area contributed by atoms with Gasteiger partial charge in [-0.05, 0) is 42.4 Å². The van der Waals surface area contributed by atoms with Gasteiger partial charge in [0.05, 0.1) is 12.1 Å². The van der Waals surface area contributed by atoms with E-state index in [1.165, 1.54) is 16.3 Å². The van der Waals surface area contributed by atoms with Crippen LogP contribution in [0.2, 0.25) is 0 Å². The summed E-state index contributed by atoms with van der Waals surface area (Å²) < 4.78 is 0. The average Bonchev–Trinajstić information content (AvgIpc) is 2.72. The van der Waals surface area contributed by atoms with Crippen molar-refractivity contribution in [3.63, 3.8) is 0 Å². The van der Waals surface area contributed by atoms with Crippen LogP contribution in [0.4, 0.5) is 0 Å². The van der Waals surface area contributed by atoms with Gasteiger partial charge >= 0.3 is 0 Å². The first-order chi connectivity index (χ1) is 13.2. The topological polar surface area (TPSA) is 15.6 Å². The fourth-order valence-electron chi connectivity index (χ4n) is 4.01. The summed E-state index contributed by atoms with van der Waals surface area (Å²) in [6.45, 7) is 0. The number of hydrogen-bond donors (Lipinski definition) is 0. The lowest BCUT2D eigenvalue weighted by molar-refractivity contribution is 0.270. The smallest absolute Gasteiger partial charge is 0.0761 e. The zero-order valence-electron chi connectivity index (χ0n) is 16.0. The van der Waals surface area contributed by atoms with Crippen molar-refractivity contribution in [2.24, 2.45) is 4.99 Å². The molecular weight excluding hydrogens is 328 g/mol. The molecule has 0 bridgehead atoms. The number of fused-ring (bicyclic) bond motifs is 1. The normalized spacial score (nSPS) is 22.7. The monoisotopic (exact) mass is 354 g/mol. The van der Waals surface area contributed by atoms with E-state index in [1.807, 2.05) is 12.3 Å². The Labute approximate surface area is 161 Å². The summed E-state index contributed by atoms with van der Waals surface area (Å²) in [6, 6.07) is 26.3. The van der Waals surface area contributed by atoms with Crippen LogP contribution in [0.25, 0.3) is 10.8 Å². The van der Waals surface area contributed by atoms with Gasteiger partial charge in [-0.1, -0.05) is 84.9 Å². The minimum Gasteiger partial charge on any atom is -0.301 e. The summed E-state index contributed by atoms with van der Waals surface area (Å²) >= 11 is 0. The van der Waals surface area contributed by atoms with Gasteiger partial charge in [-0.15, -0.1) is 0 Å². The predicted octanol–water partition coefficient (Wildman–Crippen LogP) is 5.30. The number of benzene rings is 3. The van der Waals surface area contributed by atoms with Crippen molar-refractivity contribution < 1.29 is 0 Å². The molecule has 0 aliphatic heterocycles. The Morgan fingerprint density at radius 3 is 2.41 bits per heavy atom. The van der Waals surface area contributed by atoms with E-state index < -0.39 is 0 Å². The second-order valence-electron chi connectivity index (χ2n) is 7.51. The van der Waals surface area contributed by atoms with E-state index in [1.54, 1.807) is 0 Å². The van der Waals surface area contributed by atoms with Crippen molar-refractivity contribution in [1.29, 1.82) is 0 Å². The maximum atomic E-state index is 5.08. The third kappa shape index (κ3) is 3.86. The average molecular weight is 354 g/mol. The van der Waals surface area contributed by atoms with Gasteiger partial charge in [0.25, 0.3) is 0 Å². The van der Waals surface area contributed by atoms with Crippen LogP contribution in [0.3, 0.4) is 0 Å². The first-order valence-electron chi connectivity index (χ1n) is 9.62. The molecule has 3 atom stereocenters. The van der Waals surface area contributed by atoms with Crippen LogP contribution in [-0.2, 0) is 0 Å². The summed E-state index contributed by atoms with van der Waals surface area (Å²) in [4.78, 5) is 7.35. The molecule has 0 N–H and O–H groups in total. The maximum absolute atomic E-state index is 5.08. The molecule has 136 valence electrons. The number of rotatable bonds is 4. The first kappa shape index (κ1) is 17.7. The molecule has 0 saturated heterocycles. The summed E-state index contributed by atoms with van der Waals surface area (Å²) in [6.07, 6.45) is 7.69. The van der Waals surface area contributed by atoms with E-state index in [2.05, 4.69) is 97.9 Å². The van der Waals surface area contributed by atoms with Crippen LogP contribution in [0.15, 0.2) is 89.9 Å². The summed E-state index contributed by atoms with van der Waals surface area (Å²) in [5, 5.41) is 2.60. The van der Waals surface area contributed by atoms with E-state index in [9.17, 15) is 0 Å². The Morgan fingerprint density at radius 2 is 1.63 bits per heavy atom. The summed E-state index contributed by atoms with van der Waals surface area (Å²) in [7, 11) is 4.28. The molecule has 0 radical (unpaired) electrons. The van der Waals surface area contributed by atoms with Gasteiger partial charge < -0.3 is 4.90 Å². The molecule has 27 heavy (non-hydrogen) atoms. The quantitative estimate of drug-likeness (QED) is 0.458. The molecular formula is C25H26N2. The highest BCUT2D eigenvalue weighted by Gasteiger charge is 2.32. The van der Waals surface area contributed by atoms with Gasteiger partial charge in [0.15, 0.2) is 0 Å². The largest absolute Gasteiger partial charge is 0.301 e. The van der Waals surface area contributed by atoms with Crippen LogP contribution >= 0.6 is 0 Å². The van der Waals surface area contributed by atoms with Gasteiger partial charge in [-0.3, -0.25) is 4.99 Å². The fraction of sp³-hybridized carbons (Fsp3) is 0.240.